The van der Waals surface area contributed by atoms with Gasteiger partial charge in [-0.3, -0.25) is 4.79 Å². The van der Waals surface area contributed by atoms with Crippen LogP contribution in [0.4, 0.5) is 0 Å². The molecule has 1 aromatic rings. The summed E-state index contributed by atoms with van der Waals surface area (Å²) < 4.78 is 0. The number of hydrogen-bond acceptors (Lipinski definition) is 2. The molecular formula is C15H18N2O. The van der Waals surface area contributed by atoms with E-state index in [0.29, 0.717) is 5.92 Å². The number of nitrogens with two attached hydrogens (primary N) is 1. The van der Waals surface area contributed by atoms with E-state index in [-0.39, 0.29) is 5.56 Å². The van der Waals surface area contributed by atoms with Gasteiger partial charge in [-0.2, -0.15) is 0 Å². The Morgan fingerprint density at radius 2 is 2.28 bits per heavy atom. The third-order valence-corrected chi connectivity index (χ3v) is 4.17. The van der Waals surface area contributed by atoms with E-state index >= 15 is 0 Å². The molecule has 3 N–H and O–H groups in total. The van der Waals surface area contributed by atoms with Gasteiger partial charge in [-0.1, -0.05) is 17.7 Å². The fourth-order valence-corrected chi connectivity index (χ4v) is 3.57. The highest BCUT2D eigenvalue weighted by molar-refractivity contribution is 5.48. The SMILES string of the molecule is C/C=C1/C2C=C(C)C[C@]1(N)c1ccc(=O)[nH]c1C2. The van der Waals surface area contributed by atoms with Gasteiger partial charge >= 0.3 is 0 Å². The van der Waals surface area contributed by atoms with Crippen molar-refractivity contribution in [3.05, 3.63) is 57.0 Å². The van der Waals surface area contributed by atoms with Gasteiger partial charge in [-0.25, -0.2) is 0 Å². The Kier molecular flexibility index (Phi) is 2.35. The summed E-state index contributed by atoms with van der Waals surface area (Å²) in [6, 6.07) is 3.47. The summed E-state index contributed by atoms with van der Waals surface area (Å²) in [4.78, 5) is 14.4. The minimum atomic E-state index is -0.434. The number of nitrogens with one attached hydrogen (secondary N) is 1. The Bertz CT molecular complexity index is 624. The molecule has 18 heavy (non-hydrogen) atoms. The van der Waals surface area contributed by atoms with Gasteiger partial charge in [0.1, 0.15) is 0 Å². The van der Waals surface area contributed by atoms with E-state index in [4.69, 9.17) is 5.73 Å². The lowest BCUT2D eigenvalue weighted by molar-refractivity contribution is 0.409. The minimum Gasteiger partial charge on any atom is -0.326 e. The zero-order valence-corrected chi connectivity index (χ0v) is 10.8. The molecule has 0 saturated carbocycles. The van der Waals surface area contributed by atoms with Crippen molar-refractivity contribution >= 4 is 0 Å². The molecule has 0 fully saturated rings. The largest absolute Gasteiger partial charge is 0.326 e. The van der Waals surface area contributed by atoms with Crippen LogP contribution in [0.1, 0.15) is 31.5 Å². The Morgan fingerprint density at radius 1 is 1.50 bits per heavy atom. The highest BCUT2D eigenvalue weighted by atomic mass is 16.1. The molecule has 2 atom stereocenters. The van der Waals surface area contributed by atoms with E-state index in [0.717, 1.165) is 24.1 Å². The summed E-state index contributed by atoms with van der Waals surface area (Å²) in [5, 5.41) is 0. The average molecular weight is 242 g/mol. The smallest absolute Gasteiger partial charge is 0.248 e. The highest BCUT2D eigenvalue weighted by Gasteiger charge is 2.43. The molecule has 0 aromatic carbocycles. The number of rotatable bonds is 0. The molecule has 0 aliphatic heterocycles. The predicted octanol–water partition coefficient (Wildman–Crippen LogP) is 2.00. The topological polar surface area (TPSA) is 58.9 Å². The lowest BCUT2D eigenvalue weighted by atomic mass is 9.63. The number of fused-ring (bicyclic) bond motifs is 4. The zero-order valence-electron chi connectivity index (χ0n) is 10.8. The summed E-state index contributed by atoms with van der Waals surface area (Å²) >= 11 is 0. The van der Waals surface area contributed by atoms with E-state index in [9.17, 15) is 4.79 Å². The Hall–Kier alpha value is -1.61. The second kappa shape index (κ2) is 3.69. The number of aromatic amines is 1. The van der Waals surface area contributed by atoms with Gasteiger partial charge in [0.05, 0.1) is 5.54 Å². The first-order chi connectivity index (χ1) is 8.54. The van der Waals surface area contributed by atoms with Crippen molar-refractivity contribution < 1.29 is 0 Å². The number of hydrogen-bond donors (Lipinski definition) is 2. The summed E-state index contributed by atoms with van der Waals surface area (Å²) in [6.07, 6.45) is 6.11. The van der Waals surface area contributed by atoms with Crippen LogP contribution in [0, 0.1) is 5.92 Å². The third-order valence-electron chi connectivity index (χ3n) is 4.17. The first-order valence-corrected chi connectivity index (χ1v) is 6.40. The van der Waals surface area contributed by atoms with Crippen LogP contribution in [-0.2, 0) is 12.0 Å². The van der Waals surface area contributed by atoms with E-state index in [1.54, 1.807) is 6.07 Å². The molecule has 0 radical (unpaired) electrons. The van der Waals surface area contributed by atoms with E-state index in [1.165, 1.54) is 11.1 Å². The average Bonchev–Trinajstić information content (AvgIpc) is 2.26. The number of aromatic nitrogens is 1. The van der Waals surface area contributed by atoms with E-state index in [2.05, 4.69) is 31.0 Å². The van der Waals surface area contributed by atoms with Crippen LogP contribution >= 0.6 is 0 Å². The van der Waals surface area contributed by atoms with Gasteiger partial charge in [-0.05, 0) is 43.9 Å². The van der Waals surface area contributed by atoms with Crippen molar-refractivity contribution in [3.63, 3.8) is 0 Å². The Morgan fingerprint density at radius 3 is 3.00 bits per heavy atom. The second-order valence-electron chi connectivity index (χ2n) is 5.43. The Labute approximate surface area is 106 Å². The molecule has 3 rings (SSSR count). The first kappa shape index (κ1) is 11.5. The van der Waals surface area contributed by atoms with Gasteiger partial charge in [0.2, 0.25) is 5.56 Å². The molecule has 1 unspecified atom stereocenters. The van der Waals surface area contributed by atoms with Crippen molar-refractivity contribution in [2.24, 2.45) is 11.7 Å². The second-order valence-corrected chi connectivity index (χ2v) is 5.43. The van der Waals surface area contributed by atoms with Crippen LogP contribution in [0.5, 0.6) is 0 Å². The van der Waals surface area contributed by atoms with Crippen molar-refractivity contribution in [2.45, 2.75) is 32.2 Å². The summed E-state index contributed by atoms with van der Waals surface area (Å²) in [5.74, 6) is 0.333. The summed E-state index contributed by atoms with van der Waals surface area (Å²) in [7, 11) is 0. The van der Waals surface area contributed by atoms with Gasteiger partial charge in [-0.15, -0.1) is 0 Å². The lowest BCUT2D eigenvalue weighted by Crippen LogP contribution is -2.48. The maximum atomic E-state index is 11.5. The Balaban J connectivity index is 2.28. The number of pyridine rings is 1. The van der Waals surface area contributed by atoms with E-state index in [1.807, 2.05) is 6.07 Å². The summed E-state index contributed by atoms with van der Waals surface area (Å²) in [6.45, 7) is 4.19. The van der Waals surface area contributed by atoms with Crippen LogP contribution in [0.15, 0.2) is 40.2 Å². The molecule has 94 valence electrons. The normalized spacial score (nSPS) is 32.1. The molecule has 1 heterocycles. The van der Waals surface area contributed by atoms with Crippen molar-refractivity contribution in [2.75, 3.05) is 0 Å². The molecule has 2 aliphatic carbocycles. The fraction of sp³-hybridized carbons (Fsp3) is 0.400. The molecule has 0 spiro atoms. The molecule has 2 bridgehead atoms. The van der Waals surface area contributed by atoms with Crippen LogP contribution in [-0.4, -0.2) is 4.98 Å². The van der Waals surface area contributed by atoms with Gasteiger partial charge in [0, 0.05) is 17.7 Å². The maximum Gasteiger partial charge on any atom is 0.248 e. The van der Waals surface area contributed by atoms with Gasteiger partial charge in [0.25, 0.3) is 0 Å². The molecule has 0 amide bonds. The van der Waals surface area contributed by atoms with Crippen LogP contribution in [0.2, 0.25) is 0 Å². The number of H-pyrrole nitrogens is 1. The van der Waals surface area contributed by atoms with Crippen molar-refractivity contribution in [1.29, 1.82) is 0 Å². The van der Waals surface area contributed by atoms with Gasteiger partial charge < -0.3 is 10.7 Å². The van der Waals surface area contributed by atoms with Crippen LogP contribution < -0.4 is 11.3 Å². The quantitative estimate of drug-likeness (QED) is 0.684. The predicted molar refractivity (Wildman–Crippen MR) is 72.3 cm³/mol. The van der Waals surface area contributed by atoms with Crippen molar-refractivity contribution in [3.8, 4) is 0 Å². The van der Waals surface area contributed by atoms with Gasteiger partial charge in [0.15, 0.2) is 0 Å². The monoisotopic (exact) mass is 242 g/mol. The maximum absolute atomic E-state index is 11.5. The van der Waals surface area contributed by atoms with Crippen LogP contribution in [0.3, 0.4) is 0 Å². The highest BCUT2D eigenvalue weighted by Crippen LogP contribution is 2.47. The molecule has 3 nitrogen and oxygen atoms in total. The van der Waals surface area contributed by atoms with Crippen molar-refractivity contribution in [1.82, 2.24) is 4.98 Å². The lowest BCUT2D eigenvalue weighted by Gasteiger charge is -2.45. The standard InChI is InChI=1S/C15H18N2O/c1-3-11-10-6-9(2)8-15(11,16)12-4-5-14(18)17-13(12)7-10/h3-6,10H,7-8,16H2,1-2H3,(H,17,18)/b11-3-/t10?,15-/m1/s1. The third kappa shape index (κ3) is 1.44. The number of allylic oxidation sites excluding steroid dienone is 2. The first-order valence-electron chi connectivity index (χ1n) is 6.40. The molecule has 0 saturated heterocycles. The fourth-order valence-electron chi connectivity index (χ4n) is 3.57. The minimum absolute atomic E-state index is 0.0416. The molecule has 1 aromatic heterocycles. The summed E-state index contributed by atoms with van der Waals surface area (Å²) in [5.41, 5.74) is 10.9. The molecular weight excluding hydrogens is 224 g/mol. The molecule has 3 heteroatoms. The molecule has 2 aliphatic rings. The van der Waals surface area contributed by atoms with E-state index < -0.39 is 5.54 Å². The van der Waals surface area contributed by atoms with Crippen LogP contribution in [0.25, 0.3) is 0 Å². The zero-order chi connectivity index (χ0) is 12.9.